The van der Waals surface area contributed by atoms with Crippen LogP contribution in [0.4, 0.5) is 0 Å². The van der Waals surface area contributed by atoms with E-state index < -0.39 is 11.9 Å². The summed E-state index contributed by atoms with van der Waals surface area (Å²) in [7, 11) is 0. The molecule has 2 aromatic rings. The summed E-state index contributed by atoms with van der Waals surface area (Å²) in [5.41, 5.74) is 1.52. The summed E-state index contributed by atoms with van der Waals surface area (Å²) in [6.07, 6.45) is 3.73. The molecular weight excluding hydrogens is 316 g/mol. The molecule has 25 heavy (non-hydrogen) atoms. The highest BCUT2D eigenvalue weighted by Crippen LogP contribution is 2.18. The summed E-state index contributed by atoms with van der Waals surface area (Å²) in [4.78, 5) is 24.7. The monoisotopic (exact) mass is 340 g/mol. The topological polar surface area (TPSA) is 52.6 Å². The van der Waals surface area contributed by atoms with Gasteiger partial charge in [0.05, 0.1) is 17.7 Å². The van der Waals surface area contributed by atoms with E-state index in [1.165, 1.54) is 0 Å². The average Bonchev–Trinajstić information content (AvgIpc) is 2.65. The second-order valence-electron chi connectivity index (χ2n) is 5.78. The first-order valence-electron chi connectivity index (χ1n) is 8.73. The molecule has 0 aliphatic rings. The number of carbonyl (C=O) groups excluding carboxylic acids is 2. The number of rotatable bonds is 8. The lowest BCUT2D eigenvalue weighted by Gasteiger charge is -2.10. The smallest absolute Gasteiger partial charge is 0.344 e. The number of ether oxygens (including phenoxy) is 2. The highest BCUT2D eigenvalue weighted by Gasteiger charge is 2.19. The lowest BCUT2D eigenvalue weighted by Crippen LogP contribution is -2.16. The molecule has 0 saturated heterocycles. The molecule has 0 atom stereocenters. The van der Waals surface area contributed by atoms with Crippen LogP contribution < -0.4 is 4.74 Å². The standard InChI is InChI=1S/C21H24O4/c1-3-5-8-14-24-20(22)18-12-6-7-13-19(18)21(23)25-17-11-9-10-16(4-2)15-17/h6-7,9-13,15H,3-5,8,14H2,1-2H3. The molecule has 0 radical (unpaired) electrons. The Bertz CT molecular complexity index is 721. The molecule has 0 spiro atoms. The van der Waals surface area contributed by atoms with Crippen LogP contribution in [0, 0.1) is 0 Å². The molecule has 4 heteroatoms. The van der Waals surface area contributed by atoms with Crippen molar-refractivity contribution < 1.29 is 19.1 Å². The van der Waals surface area contributed by atoms with Crippen LogP contribution in [0.5, 0.6) is 5.75 Å². The van der Waals surface area contributed by atoms with Crippen LogP contribution in [0.15, 0.2) is 48.5 Å². The van der Waals surface area contributed by atoms with Gasteiger partial charge in [0, 0.05) is 0 Å². The van der Waals surface area contributed by atoms with Crippen LogP contribution in [0.25, 0.3) is 0 Å². The van der Waals surface area contributed by atoms with E-state index in [1.807, 2.05) is 25.1 Å². The average molecular weight is 340 g/mol. The quantitative estimate of drug-likeness (QED) is 0.393. The minimum absolute atomic E-state index is 0.213. The lowest BCUT2D eigenvalue weighted by molar-refractivity contribution is 0.0490. The fourth-order valence-electron chi connectivity index (χ4n) is 2.42. The van der Waals surface area contributed by atoms with Gasteiger partial charge < -0.3 is 9.47 Å². The van der Waals surface area contributed by atoms with Gasteiger partial charge in [-0.15, -0.1) is 0 Å². The van der Waals surface area contributed by atoms with Crippen molar-refractivity contribution in [1.29, 1.82) is 0 Å². The van der Waals surface area contributed by atoms with E-state index in [9.17, 15) is 9.59 Å². The predicted octanol–water partition coefficient (Wildman–Crippen LogP) is 4.82. The molecule has 0 amide bonds. The first kappa shape index (κ1) is 18.7. The van der Waals surface area contributed by atoms with Crippen LogP contribution >= 0.6 is 0 Å². The summed E-state index contributed by atoms with van der Waals surface area (Å²) in [5, 5.41) is 0. The maximum Gasteiger partial charge on any atom is 0.344 e. The van der Waals surface area contributed by atoms with E-state index in [0.717, 1.165) is 31.2 Å². The van der Waals surface area contributed by atoms with Gasteiger partial charge in [-0.2, -0.15) is 0 Å². The molecule has 132 valence electrons. The van der Waals surface area contributed by atoms with Gasteiger partial charge in [-0.3, -0.25) is 0 Å². The third kappa shape index (κ3) is 5.45. The van der Waals surface area contributed by atoms with Gasteiger partial charge in [-0.1, -0.05) is 51.0 Å². The fourth-order valence-corrected chi connectivity index (χ4v) is 2.42. The Morgan fingerprint density at radius 1 is 0.880 bits per heavy atom. The number of aryl methyl sites for hydroxylation is 1. The Labute approximate surface area is 148 Å². The summed E-state index contributed by atoms with van der Waals surface area (Å²) >= 11 is 0. The molecule has 2 aromatic carbocycles. The summed E-state index contributed by atoms with van der Waals surface area (Å²) in [6.45, 7) is 4.47. The minimum atomic E-state index is -0.561. The maximum absolute atomic E-state index is 12.5. The van der Waals surface area contributed by atoms with Crippen LogP contribution in [0.2, 0.25) is 0 Å². The van der Waals surface area contributed by atoms with Gasteiger partial charge in [0.15, 0.2) is 0 Å². The molecule has 4 nitrogen and oxygen atoms in total. The Morgan fingerprint density at radius 3 is 2.28 bits per heavy atom. The normalized spacial score (nSPS) is 10.3. The summed E-state index contributed by atoms with van der Waals surface area (Å²) in [6, 6.07) is 13.9. The van der Waals surface area contributed by atoms with Crippen LogP contribution in [0.3, 0.4) is 0 Å². The van der Waals surface area contributed by atoms with Crippen molar-refractivity contribution in [3.63, 3.8) is 0 Å². The molecule has 0 unspecified atom stereocenters. The van der Waals surface area contributed by atoms with Crippen molar-refractivity contribution >= 4 is 11.9 Å². The van der Waals surface area contributed by atoms with Crippen molar-refractivity contribution in [2.75, 3.05) is 6.61 Å². The van der Waals surface area contributed by atoms with Crippen molar-refractivity contribution in [2.45, 2.75) is 39.5 Å². The number of hydrogen-bond acceptors (Lipinski definition) is 4. The zero-order valence-corrected chi connectivity index (χ0v) is 14.8. The Hall–Kier alpha value is -2.62. The molecule has 0 heterocycles. The molecule has 0 aliphatic carbocycles. The van der Waals surface area contributed by atoms with Crippen molar-refractivity contribution in [2.24, 2.45) is 0 Å². The number of hydrogen-bond donors (Lipinski definition) is 0. The van der Waals surface area contributed by atoms with E-state index in [4.69, 9.17) is 9.47 Å². The van der Waals surface area contributed by atoms with E-state index >= 15 is 0 Å². The molecule has 0 N–H and O–H groups in total. The van der Waals surface area contributed by atoms with Crippen LogP contribution in [-0.4, -0.2) is 18.5 Å². The van der Waals surface area contributed by atoms with Crippen molar-refractivity contribution in [3.05, 3.63) is 65.2 Å². The number of esters is 2. The number of unbranched alkanes of at least 4 members (excludes halogenated alkanes) is 2. The Morgan fingerprint density at radius 2 is 1.60 bits per heavy atom. The van der Waals surface area contributed by atoms with E-state index in [2.05, 4.69) is 6.92 Å². The highest BCUT2D eigenvalue weighted by atomic mass is 16.5. The molecule has 0 saturated carbocycles. The van der Waals surface area contributed by atoms with E-state index in [-0.39, 0.29) is 11.1 Å². The summed E-state index contributed by atoms with van der Waals surface area (Å²) in [5.74, 6) is -0.587. The van der Waals surface area contributed by atoms with Crippen LogP contribution in [-0.2, 0) is 11.2 Å². The zero-order chi connectivity index (χ0) is 18.1. The van der Waals surface area contributed by atoms with Gasteiger partial charge in [-0.05, 0) is 42.7 Å². The molecule has 0 aliphatic heterocycles. The fraction of sp³-hybridized carbons (Fsp3) is 0.333. The largest absolute Gasteiger partial charge is 0.462 e. The van der Waals surface area contributed by atoms with Gasteiger partial charge >= 0.3 is 11.9 Å². The molecule has 0 bridgehead atoms. The Kier molecular flexibility index (Phi) is 7.20. The highest BCUT2D eigenvalue weighted by molar-refractivity contribution is 6.03. The third-order valence-electron chi connectivity index (χ3n) is 3.87. The van der Waals surface area contributed by atoms with Gasteiger partial charge in [-0.25, -0.2) is 9.59 Å². The zero-order valence-electron chi connectivity index (χ0n) is 14.8. The van der Waals surface area contributed by atoms with Gasteiger partial charge in [0.25, 0.3) is 0 Å². The van der Waals surface area contributed by atoms with E-state index in [1.54, 1.807) is 30.3 Å². The number of carbonyl (C=O) groups is 2. The molecule has 0 fully saturated rings. The first-order chi connectivity index (χ1) is 12.2. The van der Waals surface area contributed by atoms with Crippen molar-refractivity contribution in [1.82, 2.24) is 0 Å². The van der Waals surface area contributed by atoms with Crippen LogP contribution in [0.1, 0.15) is 59.4 Å². The lowest BCUT2D eigenvalue weighted by atomic mass is 10.1. The molecule has 2 rings (SSSR count). The number of benzene rings is 2. The molecule has 0 aromatic heterocycles. The third-order valence-corrected chi connectivity index (χ3v) is 3.87. The van der Waals surface area contributed by atoms with Gasteiger partial charge in [0.1, 0.15) is 5.75 Å². The molecular formula is C21H24O4. The second kappa shape index (κ2) is 9.62. The second-order valence-corrected chi connectivity index (χ2v) is 5.78. The SMILES string of the molecule is CCCCCOC(=O)c1ccccc1C(=O)Oc1cccc(CC)c1. The summed E-state index contributed by atoms with van der Waals surface area (Å²) < 4.78 is 10.7. The maximum atomic E-state index is 12.5. The predicted molar refractivity (Wildman–Crippen MR) is 97.0 cm³/mol. The first-order valence-corrected chi connectivity index (χ1v) is 8.73. The van der Waals surface area contributed by atoms with Gasteiger partial charge in [0.2, 0.25) is 0 Å². The minimum Gasteiger partial charge on any atom is -0.462 e. The van der Waals surface area contributed by atoms with E-state index in [0.29, 0.717) is 12.4 Å². The van der Waals surface area contributed by atoms with Crippen molar-refractivity contribution in [3.8, 4) is 5.75 Å². The Balaban J connectivity index is 2.10.